The average molecular weight is 241 g/mol. The van der Waals surface area contributed by atoms with Crippen molar-refractivity contribution >= 4 is 23.2 Å². The van der Waals surface area contributed by atoms with Gasteiger partial charge in [0.25, 0.3) is 6.43 Å². The molecule has 1 atom stereocenters. The molecule has 6 heteroatoms. The van der Waals surface area contributed by atoms with Gasteiger partial charge in [0.1, 0.15) is 10.7 Å². The molecule has 0 fully saturated rings. The maximum Gasteiger partial charge on any atom is 0.260 e. The zero-order chi connectivity index (χ0) is 10.9. The summed E-state index contributed by atoms with van der Waals surface area (Å²) in [6.07, 6.45) is -1.52. The number of pyridine rings is 1. The van der Waals surface area contributed by atoms with E-state index in [9.17, 15) is 8.78 Å². The summed E-state index contributed by atoms with van der Waals surface area (Å²) in [6, 6.07) is 1.25. The smallest absolute Gasteiger partial charge is 0.260 e. The molecular formula is C8H8Cl2F2N2. The first-order chi connectivity index (χ1) is 6.35. The van der Waals surface area contributed by atoms with Crippen LogP contribution < -0.4 is 5.73 Å². The first kappa shape index (κ1) is 11.6. The molecule has 1 aromatic rings. The van der Waals surface area contributed by atoms with Crippen molar-refractivity contribution in [2.45, 2.75) is 18.9 Å². The average Bonchev–Trinajstić information content (AvgIpc) is 2.08. The van der Waals surface area contributed by atoms with Gasteiger partial charge in [0.05, 0.1) is 5.02 Å². The van der Waals surface area contributed by atoms with Crippen LogP contribution in [0, 0.1) is 0 Å². The highest BCUT2D eigenvalue weighted by Gasteiger charge is 2.34. The van der Waals surface area contributed by atoms with Crippen molar-refractivity contribution < 1.29 is 8.78 Å². The SMILES string of the molecule is CC(N)(c1cc(Cl)ncc1Cl)C(F)F. The van der Waals surface area contributed by atoms with Crippen LogP contribution in [0.15, 0.2) is 12.3 Å². The van der Waals surface area contributed by atoms with Gasteiger partial charge in [-0.3, -0.25) is 0 Å². The van der Waals surface area contributed by atoms with Gasteiger partial charge < -0.3 is 5.73 Å². The number of hydrogen-bond donors (Lipinski definition) is 1. The molecule has 0 saturated heterocycles. The van der Waals surface area contributed by atoms with Crippen LogP contribution in [-0.4, -0.2) is 11.4 Å². The molecule has 2 N–H and O–H groups in total. The maximum atomic E-state index is 12.6. The Hall–Kier alpha value is -0.450. The third kappa shape index (κ3) is 2.13. The number of nitrogens with zero attached hydrogens (tertiary/aromatic N) is 1. The summed E-state index contributed by atoms with van der Waals surface area (Å²) < 4.78 is 25.1. The van der Waals surface area contributed by atoms with Gasteiger partial charge in [0, 0.05) is 11.8 Å². The molecule has 0 amide bonds. The molecule has 14 heavy (non-hydrogen) atoms. The fourth-order valence-electron chi connectivity index (χ4n) is 0.944. The van der Waals surface area contributed by atoms with E-state index in [2.05, 4.69) is 4.98 Å². The Labute approximate surface area is 90.0 Å². The van der Waals surface area contributed by atoms with E-state index in [1.807, 2.05) is 0 Å². The highest BCUT2D eigenvalue weighted by atomic mass is 35.5. The minimum absolute atomic E-state index is 0.0831. The highest BCUT2D eigenvalue weighted by molar-refractivity contribution is 6.32. The molecule has 0 aliphatic rings. The van der Waals surface area contributed by atoms with E-state index in [4.69, 9.17) is 28.9 Å². The van der Waals surface area contributed by atoms with E-state index in [1.54, 1.807) is 0 Å². The van der Waals surface area contributed by atoms with Crippen molar-refractivity contribution in [3.8, 4) is 0 Å². The largest absolute Gasteiger partial charge is 0.317 e. The standard InChI is InChI=1S/C8H8Cl2F2N2/c1-8(13,7(11)12)4-2-6(10)14-3-5(4)9/h2-3,7H,13H2,1H3. The monoisotopic (exact) mass is 240 g/mol. The van der Waals surface area contributed by atoms with E-state index >= 15 is 0 Å². The van der Waals surface area contributed by atoms with Gasteiger partial charge in [0.2, 0.25) is 0 Å². The zero-order valence-corrected chi connectivity index (χ0v) is 8.78. The summed E-state index contributed by atoms with van der Waals surface area (Å²) in [7, 11) is 0. The number of hydrogen-bond acceptors (Lipinski definition) is 2. The molecule has 78 valence electrons. The van der Waals surface area contributed by atoms with Gasteiger partial charge >= 0.3 is 0 Å². The Morgan fingerprint density at radius 2 is 2.07 bits per heavy atom. The Kier molecular flexibility index (Phi) is 3.29. The van der Waals surface area contributed by atoms with E-state index in [1.165, 1.54) is 19.2 Å². The van der Waals surface area contributed by atoms with Crippen molar-refractivity contribution in [1.29, 1.82) is 0 Å². The van der Waals surface area contributed by atoms with Crippen LogP contribution in [-0.2, 0) is 5.54 Å². The van der Waals surface area contributed by atoms with Crippen molar-refractivity contribution in [2.24, 2.45) is 5.73 Å². The molecule has 2 nitrogen and oxygen atoms in total. The number of alkyl halides is 2. The molecule has 0 saturated carbocycles. The second-order valence-electron chi connectivity index (χ2n) is 3.07. The fourth-order valence-corrected chi connectivity index (χ4v) is 1.41. The predicted molar refractivity (Wildman–Crippen MR) is 51.8 cm³/mol. The second-order valence-corrected chi connectivity index (χ2v) is 3.86. The van der Waals surface area contributed by atoms with Crippen molar-refractivity contribution in [3.63, 3.8) is 0 Å². The summed E-state index contributed by atoms with van der Waals surface area (Å²) in [5.74, 6) is 0. The summed E-state index contributed by atoms with van der Waals surface area (Å²) in [6.45, 7) is 1.19. The Morgan fingerprint density at radius 3 is 2.57 bits per heavy atom. The molecule has 1 heterocycles. The summed E-state index contributed by atoms with van der Waals surface area (Å²) in [5.41, 5.74) is 3.71. The molecule has 1 rings (SSSR count). The molecular weight excluding hydrogens is 233 g/mol. The van der Waals surface area contributed by atoms with Crippen LogP contribution in [0.2, 0.25) is 10.2 Å². The number of nitrogens with two attached hydrogens (primary N) is 1. The minimum atomic E-state index is -2.72. The fraction of sp³-hybridized carbons (Fsp3) is 0.375. The number of rotatable bonds is 2. The van der Waals surface area contributed by atoms with Gasteiger partial charge in [0.15, 0.2) is 0 Å². The maximum absolute atomic E-state index is 12.6. The molecule has 0 spiro atoms. The lowest BCUT2D eigenvalue weighted by atomic mass is 9.95. The first-order valence-electron chi connectivity index (χ1n) is 3.74. The number of aromatic nitrogens is 1. The third-order valence-electron chi connectivity index (χ3n) is 1.86. The van der Waals surface area contributed by atoms with Crippen LogP contribution >= 0.6 is 23.2 Å². The minimum Gasteiger partial charge on any atom is -0.317 e. The van der Waals surface area contributed by atoms with Crippen LogP contribution in [0.4, 0.5) is 8.78 Å². The van der Waals surface area contributed by atoms with E-state index in [0.717, 1.165) is 0 Å². The first-order valence-corrected chi connectivity index (χ1v) is 4.50. The lowest BCUT2D eigenvalue weighted by Crippen LogP contribution is -2.40. The van der Waals surface area contributed by atoms with Gasteiger partial charge in [-0.15, -0.1) is 0 Å². The highest BCUT2D eigenvalue weighted by Crippen LogP contribution is 2.31. The van der Waals surface area contributed by atoms with Gasteiger partial charge in [-0.2, -0.15) is 0 Å². The topological polar surface area (TPSA) is 38.9 Å². The van der Waals surface area contributed by atoms with Crippen molar-refractivity contribution in [1.82, 2.24) is 4.98 Å². The van der Waals surface area contributed by atoms with Gasteiger partial charge in [-0.05, 0) is 13.0 Å². The third-order valence-corrected chi connectivity index (χ3v) is 2.36. The molecule has 0 aromatic carbocycles. The number of halogens is 4. The van der Waals surface area contributed by atoms with Crippen LogP contribution in [0.5, 0.6) is 0 Å². The van der Waals surface area contributed by atoms with Crippen LogP contribution in [0.3, 0.4) is 0 Å². The molecule has 1 aromatic heterocycles. The summed E-state index contributed by atoms with van der Waals surface area (Å²) in [5, 5.41) is 0.168. The van der Waals surface area contributed by atoms with E-state index in [0.29, 0.717) is 0 Å². The summed E-state index contributed by atoms with van der Waals surface area (Å²) >= 11 is 11.2. The lowest BCUT2D eigenvalue weighted by Gasteiger charge is -2.24. The normalized spacial score (nSPS) is 15.6. The quantitative estimate of drug-likeness (QED) is 0.808. The molecule has 0 aliphatic heterocycles. The Morgan fingerprint density at radius 1 is 1.50 bits per heavy atom. The Bertz CT molecular complexity index is 342. The lowest BCUT2D eigenvalue weighted by molar-refractivity contribution is 0.0625. The molecule has 0 radical (unpaired) electrons. The van der Waals surface area contributed by atoms with Crippen LogP contribution in [0.1, 0.15) is 12.5 Å². The van der Waals surface area contributed by atoms with Crippen molar-refractivity contribution in [3.05, 3.63) is 28.0 Å². The second kappa shape index (κ2) is 3.96. The predicted octanol–water partition coefficient (Wildman–Crippen LogP) is 2.83. The molecule has 0 bridgehead atoms. The molecule has 0 aliphatic carbocycles. The molecule has 1 unspecified atom stereocenters. The zero-order valence-electron chi connectivity index (χ0n) is 7.27. The van der Waals surface area contributed by atoms with Gasteiger partial charge in [-0.1, -0.05) is 23.2 Å². The van der Waals surface area contributed by atoms with Crippen molar-refractivity contribution in [2.75, 3.05) is 0 Å². The summed E-state index contributed by atoms with van der Waals surface area (Å²) in [4.78, 5) is 3.65. The van der Waals surface area contributed by atoms with E-state index in [-0.39, 0.29) is 15.7 Å². The van der Waals surface area contributed by atoms with Gasteiger partial charge in [-0.25, -0.2) is 13.8 Å². The van der Waals surface area contributed by atoms with E-state index < -0.39 is 12.0 Å². The Balaban J connectivity index is 3.24. The van der Waals surface area contributed by atoms with Crippen LogP contribution in [0.25, 0.3) is 0 Å².